The zero-order valence-corrected chi connectivity index (χ0v) is 9.96. The van der Waals surface area contributed by atoms with Gasteiger partial charge < -0.3 is 14.9 Å². The van der Waals surface area contributed by atoms with Gasteiger partial charge in [0.1, 0.15) is 5.76 Å². The summed E-state index contributed by atoms with van der Waals surface area (Å²) in [7, 11) is 0. The fraction of sp³-hybridized carbons (Fsp3) is 0. The summed E-state index contributed by atoms with van der Waals surface area (Å²) >= 11 is 11.8. The number of nitrogens with two attached hydrogens (primary N) is 1. The summed E-state index contributed by atoms with van der Waals surface area (Å²) in [5, 5.41) is 0.969. The smallest absolute Gasteiger partial charge is 0.412 e. The predicted molar refractivity (Wildman–Crippen MR) is 64.4 cm³/mol. The molecule has 2 rings (SSSR count). The first-order valence-electron chi connectivity index (χ1n) is 4.59. The summed E-state index contributed by atoms with van der Waals surface area (Å²) in [5.74, 6) is 0.474. The first-order chi connectivity index (χ1) is 8.06. The molecule has 0 aliphatic carbocycles. The van der Waals surface area contributed by atoms with Crippen molar-refractivity contribution in [1.29, 1.82) is 0 Å². The number of hydrogen-bond donors (Lipinski definition) is 1. The van der Waals surface area contributed by atoms with E-state index in [9.17, 15) is 4.79 Å². The molecule has 0 aliphatic heterocycles. The molecule has 1 amide bonds. The Balaban J connectivity index is 2.33. The number of furan rings is 1. The normalized spacial score (nSPS) is 10.2. The van der Waals surface area contributed by atoms with Crippen molar-refractivity contribution in [2.45, 2.75) is 0 Å². The van der Waals surface area contributed by atoms with E-state index in [1.165, 1.54) is 6.07 Å². The monoisotopic (exact) mass is 271 g/mol. The average molecular weight is 272 g/mol. The number of amides is 1. The molecule has 0 atom stereocenters. The minimum Gasteiger partial charge on any atom is -0.425 e. The lowest BCUT2D eigenvalue weighted by molar-refractivity contribution is 0.198. The molecule has 0 fully saturated rings. The molecule has 2 N–H and O–H groups in total. The van der Waals surface area contributed by atoms with Gasteiger partial charge in [0.05, 0.1) is 5.02 Å². The lowest BCUT2D eigenvalue weighted by Crippen LogP contribution is -2.15. The molecule has 0 unspecified atom stereocenters. The zero-order valence-electron chi connectivity index (χ0n) is 8.44. The molecule has 0 radical (unpaired) electrons. The Labute approximate surface area is 107 Å². The van der Waals surface area contributed by atoms with Crippen LogP contribution in [0.1, 0.15) is 0 Å². The Hall–Kier alpha value is -1.65. The van der Waals surface area contributed by atoms with Crippen LogP contribution in [0.4, 0.5) is 4.79 Å². The number of carbonyl (C=O) groups is 1. The van der Waals surface area contributed by atoms with Gasteiger partial charge in [-0.2, -0.15) is 0 Å². The molecular formula is C11H7Cl2NO3. The van der Waals surface area contributed by atoms with Gasteiger partial charge in [0.25, 0.3) is 5.95 Å². The topological polar surface area (TPSA) is 65.5 Å². The van der Waals surface area contributed by atoms with Crippen LogP contribution in [0.3, 0.4) is 0 Å². The minimum absolute atomic E-state index is 0.0125. The standard InChI is InChI=1S/C11H7Cl2NO3/c12-6-1-2-7(8(13)5-6)9-3-4-10(16-9)17-11(14)15/h1-5H,(H2,14,15). The van der Waals surface area contributed by atoms with Gasteiger partial charge in [-0.25, -0.2) is 4.79 Å². The van der Waals surface area contributed by atoms with Crippen LogP contribution in [0, 0.1) is 0 Å². The van der Waals surface area contributed by atoms with Crippen LogP contribution in [-0.4, -0.2) is 6.09 Å². The van der Waals surface area contributed by atoms with Gasteiger partial charge in [0, 0.05) is 16.7 Å². The van der Waals surface area contributed by atoms with Gasteiger partial charge in [-0.15, -0.1) is 0 Å². The summed E-state index contributed by atoms with van der Waals surface area (Å²) in [6, 6.07) is 8.07. The van der Waals surface area contributed by atoms with E-state index in [4.69, 9.17) is 33.4 Å². The van der Waals surface area contributed by atoms with Gasteiger partial charge in [-0.3, -0.25) is 0 Å². The van der Waals surface area contributed by atoms with Gasteiger partial charge in [0.15, 0.2) is 0 Å². The second-order valence-corrected chi connectivity index (χ2v) is 4.01. The maximum Gasteiger partial charge on any atom is 0.412 e. The van der Waals surface area contributed by atoms with Gasteiger partial charge in [-0.05, 0) is 24.3 Å². The van der Waals surface area contributed by atoms with Gasteiger partial charge in [0.2, 0.25) is 0 Å². The van der Waals surface area contributed by atoms with Crippen molar-refractivity contribution in [2.75, 3.05) is 0 Å². The van der Waals surface area contributed by atoms with Crippen molar-refractivity contribution in [3.63, 3.8) is 0 Å². The number of rotatable bonds is 2. The maximum atomic E-state index is 10.5. The van der Waals surface area contributed by atoms with Crippen LogP contribution in [0.25, 0.3) is 11.3 Å². The summed E-state index contributed by atoms with van der Waals surface area (Å²) in [5.41, 5.74) is 5.51. The van der Waals surface area contributed by atoms with Crippen molar-refractivity contribution in [1.82, 2.24) is 0 Å². The Kier molecular flexibility index (Phi) is 3.26. The molecule has 17 heavy (non-hydrogen) atoms. The fourth-order valence-electron chi connectivity index (χ4n) is 1.31. The highest BCUT2D eigenvalue weighted by Gasteiger charge is 2.10. The van der Waals surface area contributed by atoms with E-state index in [2.05, 4.69) is 4.74 Å². The molecule has 4 nitrogen and oxygen atoms in total. The third kappa shape index (κ3) is 2.72. The second-order valence-electron chi connectivity index (χ2n) is 3.16. The lowest BCUT2D eigenvalue weighted by atomic mass is 10.2. The van der Waals surface area contributed by atoms with Gasteiger partial charge >= 0.3 is 6.09 Å². The summed E-state index contributed by atoms with van der Waals surface area (Å²) in [6.45, 7) is 0. The van der Waals surface area contributed by atoms with E-state index in [1.807, 2.05) is 0 Å². The zero-order chi connectivity index (χ0) is 12.4. The Bertz CT molecular complexity index is 566. The summed E-state index contributed by atoms with van der Waals surface area (Å²) in [6.07, 6.45) is -0.937. The quantitative estimate of drug-likeness (QED) is 0.906. The summed E-state index contributed by atoms with van der Waals surface area (Å²) in [4.78, 5) is 10.5. The molecule has 0 spiro atoms. The van der Waals surface area contributed by atoms with Crippen molar-refractivity contribution in [2.24, 2.45) is 5.73 Å². The highest BCUT2D eigenvalue weighted by molar-refractivity contribution is 6.36. The molecule has 88 valence electrons. The number of primary amides is 1. The Morgan fingerprint density at radius 3 is 2.65 bits per heavy atom. The van der Waals surface area contributed by atoms with E-state index in [-0.39, 0.29) is 5.95 Å². The van der Waals surface area contributed by atoms with E-state index >= 15 is 0 Å². The van der Waals surface area contributed by atoms with Crippen LogP contribution in [-0.2, 0) is 0 Å². The molecule has 0 aliphatic rings. The van der Waals surface area contributed by atoms with Crippen molar-refractivity contribution >= 4 is 29.3 Å². The maximum absolute atomic E-state index is 10.5. The number of benzene rings is 1. The second kappa shape index (κ2) is 4.69. The van der Waals surface area contributed by atoms with Crippen molar-refractivity contribution in [3.05, 3.63) is 40.4 Å². The lowest BCUT2D eigenvalue weighted by Gasteiger charge is -2.01. The third-order valence-electron chi connectivity index (χ3n) is 1.98. The summed E-state index contributed by atoms with van der Waals surface area (Å²) < 4.78 is 9.83. The minimum atomic E-state index is -0.937. The predicted octanol–water partition coefficient (Wildman–Crippen LogP) is 3.71. The van der Waals surface area contributed by atoms with Crippen molar-refractivity contribution < 1.29 is 13.9 Å². The number of hydrogen-bond acceptors (Lipinski definition) is 3. The third-order valence-corrected chi connectivity index (χ3v) is 2.53. The molecular weight excluding hydrogens is 265 g/mol. The van der Waals surface area contributed by atoms with Gasteiger partial charge in [-0.1, -0.05) is 23.2 Å². The molecule has 1 heterocycles. The molecule has 2 aromatic rings. The molecule has 1 aromatic carbocycles. The van der Waals surface area contributed by atoms with Crippen LogP contribution in [0.15, 0.2) is 34.7 Å². The Morgan fingerprint density at radius 2 is 2.00 bits per heavy atom. The number of carbonyl (C=O) groups excluding carboxylic acids is 1. The fourth-order valence-corrected chi connectivity index (χ4v) is 1.81. The number of ether oxygens (including phenoxy) is 1. The average Bonchev–Trinajstić information content (AvgIpc) is 2.65. The highest BCUT2D eigenvalue weighted by atomic mass is 35.5. The number of halogens is 2. The van der Waals surface area contributed by atoms with Crippen molar-refractivity contribution in [3.8, 4) is 17.3 Å². The van der Waals surface area contributed by atoms with E-state index < -0.39 is 6.09 Å². The molecule has 0 saturated heterocycles. The molecule has 1 aromatic heterocycles. The molecule has 0 bridgehead atoms. The SMILES string of the molecule is NC(=O)Oc1ccc(-c2ccc(Cl)cc2Cl)o1. The van der Waals surface area contributed by atoms with E-state index in [0.717, 1.165) is 0 Å². The largest absolute Gasteiger partial charge is 0.425 e. The highest BCUT2D eigenvalue weighted by Crippen LogP contribution is 2.33. The van der Waals surface area contributed by atoms with Crippen LogP contribution in [0.5, 0.6) is 5.95 Å². The van der Waals surface area contributed by atoms with E-state index in [0.29, 0.717) is 21.4 Å². The first-order valence-corrected chi connectivity index (χ1v) is 5.34. The Morgan fingerprint density at radius 1 is 1.24 bits per heavy atom. The molecule has 0 saturated carbocycles. The van der Waals surface area contributed by atoms with Crippen LogP contribution < -0.4 is 10.5 Å². The first kappa shape index (κ1) is 11.8. The van der Waals surface area contributed by atoms with Crippen LogP contribution in [0.2, 0.25) is 10.0 Å². The van der Waals surface area contributed by atoms with E-state index in [1.54, 1.807) is 24.3 Å². The molecule has 6 heteroatoms. The van der Waals surface area contributed by atoms with Crippen LogP contribution >= 0.6 is 23.2 Å².